The highest BCUT2D eigenvalue weighted by atomic mass is 15.2. The lowest BCUT2D eigenvalue weighted by Gasteiger charge is -2.24. The first-order valence-corrected chi connectivity index (χ1v) is 6.88. The summed E-state index contributed by atoms with van der Waals surface area (Å²) in [6, 6.07) is 9.50. The quantitative estimate of drug-likeness (QED) is 0.759. The Morgan fingerprint density at radius 1 is 1.29 bits per heavy atom. The minimum absolute atomic E-state index is 0.665. The third kappa shape index (κ3) is 3.01. The van der Waals surface area contributed by atoms with Crippen molar-refractivity contribution in [3.63, 3.8) is 0 Å². The molecule has 0 saturated heterocycles. The van der Waals surface area contributed by atoms with Crippen LogP contribution in [0.3, 0.4) is 0 Å². The van der Waals surface area contributed by atoms with Crippen LogP contribution in [0.2, 0.25) is 0 Å². The maximum atomic E-state index is 3.47. The molecule has 94 valence electrons. The monoisotopic (exact) mass is 232 g/mol. The van der Waals surface area contributed by atoms with Crippen LogP contribution in [0.25, 0.3) is 0 Å². The van der Waals surface area contributed by atoms with Gasteiger partial charge in [-0.1, -0.05) is 25.1 Å². The van der Waals surface area contributed by atoms with E-state index in [0.29, 0.717) is 6.04 Å². The lowest BCUT2D eigenvalue weighted by molar-refractivity contribution is 0.600. The van der Waals surface area contributed by atoms with Gasteiger partial charge in [0.25, 0.3) is 0 Å². The number of rotatable bonds is 6. The molecule has 1 N–H and O–H groups in total. The molecule has 0 radical (unpaired) electrons. The Labute approximate surface area is 105 Å². The second-order valence-corrected chi connectivity index (χ2v) is 4.98. The standard InChI is InChI=1S/C15H24N2/c1-3-9-16-10-6-11-17-13(2)12-14-7-4-5-8-15(14)17/h4-5,7-8,13,16H,3,6,9-12H2,1-2H3. The average Bonchev–Trinajstić information content (AvgIpc) is 2.65. The fraction of sp³-hybridized carbons (Fsp3) is 0.600. The minimum atomic E-state index is 0.665. The van der Waals surface area contributed by atoms with Gasteiger partial charge in [0.15, 0.2) is 0 Å². The summed E-state index contributed by atoms with van der Waals surface area (Å²) in [7, 11) is 0. The molecule has 1 aromatic rings. The molecular weight excluding hydrogens is 208 g/mol. The largest absolute Gasteiger partial charge is 0.368 e. The smallest absolute Gasteiger partial charge is 0.0402 e. The van der Waals surface area contributed by atoms with Crippen LogP contribution in [-0.2, 0) is 6.42 Å². The molecule has 2 nitrogen and oxygen atoms in total. The van der Waals surface area contributed by atoms with Gasteiger partial charge in [0, 0.05) is 18.3 Å². The molecule has 1 heterocycles. The van der Waals surface area contributed by atoms with Crippen LogP contribution in [0.1, 0.15) is 32.3 Å². The Bertz CT molecular complexity index is 349. The van der Waals surface area contributed by atoms with Crippen LogP contribution in [-0.4, -0.2) is 25.7 Å². The van der Waals surface area contributed by atoms with Crippen molar-refractivity contribution in [3.8, 4) is 0 Å². The van der Waals surface area contributed by atoms with Crippen LogP contribution < -0.4 is 10.2 Å². The normalized spacial score (nSPS) is 18.5. The number of benzene rings is 1. The molecule has 0 bridgehead atoms. The first kappa shape index (κ1) is 12.4. The van der Waals surface area contributed by atoms with Gasteiger partial charge in [-0.25, -0.2) is 0 Å². The van der Waals surface area contributed by atoms with E-state index in [0.717, 1.165) is 13.1 Å². The molecule has 2 rings (SSSR count). The molecule has 0 aliphatic carbocycles. The van der Waals surface area contributed by atoms with E-state index in [2.05, 4.69) is 48.3 Å². The molecule has 1 aliphatic heterocycles. The minimum Gasteiger partial charge on any atom is -0.368 e. The highest BCUT2D eigenvalue weighted by molar-refractivity contribution is 5.59. The van der Waals surface area contributed by atoms with E-state index in [1.165, 1.54) is 37.1 Å². The maximum absolute atomic E-state index is 3.47. The Morgan fingerprint density at radius 3 is 2.94 bits per heavy atom. The number of fused-ring (bicyclic) bond motifs is 1. The van der Waals surface area contributed by atoms with E-state index in [1.54, 1.807) is 0 Å². The summed E-state index contributed by atoms with van der Waals surface area (Å²) >= 11 is 0. The molecule has 0 spiro atoms. The number of nitrogens with zero attached hydrogens (tertiary/aromatic N) is 1. The second kappa shape index (κ2) is 6.06. The molecule has 17 heavy (non-hydrogen) atoms. The highest BCUT2D eigenvalue weighted by Crippen LogP contribution is 2.31. The zero-order valence-electron chi connectivity index (χ0n) is 11.1. The summed E-state index contributed by atoms with van der Waals surface area (Å²) in [6.45, 7) is 8.01. The molecule has 1 unspecified atom stereocenters. The molecule has 0 amide bonds. The van der Waals surface area contributed by atoms with Gasteiger partial charge in [-0.3, -0.25) is 0 Å². The van der Waals surface area contributed by atoms with E-state index >= 15 is 0 Å². The summed E-state index contributed by atoms with van der Waals surface area (Å²) < 4.78 is 0. The van der Waals surface area contributed by atoms with E-state index in [-0.39, 0.29) is 0 Å². The van der Waals surface area contributed by atoms with Crippen molar-refractivity contribution in [2.45, 2.75) is 39.2 Å². The van der Waals surface area contributed by atoms with Crippen LogP contribution in [0.5, 0.6) is 0 Å². The van der Waals surface area contributed by atoms with Crippen molar-refractivity contribution in [1.82, 2.24) is 5.32 Å². The SMILES string of the molecule is CCCNCCCN1c2ccccc2CC1C. The molecule has 1 aliphatic rings. The van der Waals surface area contributed by atoms with E-state index < -0.39 is 0 Å². The molecule has 1 atom stereocenters. The van der Waals surface area contributed by atoms with Gasteiger partial charge in [0.2, 0.25) is 0 Å². The van der Waals surface area contributed by atoms with Crippen LogP contribution in [0.15, 0.2) is 24.3 Å². The first-order chi connectivity index (χ1) is 8.33. The topological polar surface area (TPSA) is 15.3 Å². The zero-order valence-corrected chi connectivity index (χ0v) is 11.1. The third-order valence-electron chi connectivity index (χ3n) is 3.53. The van der Waals surface area contributed by atoms with Gasteiger partial charge < -0.3 is 10.2 Å². The van der Waals surface area contributed by atoms with Crippen molar-refractivity contribution < 1.29 is 0 Å². The van der Waals surface area contributed by atoms with Gasteiger partial charge in [0.1, 0.15) is 0 Å². The van der Waals surface area contributed by atoms with E-state index in [9.17, 15) is 0 Å². The van der Waals surface area contributed by atoms with Crippen LogP contribution in [0, 0.1) is 0 Å². The molecule has 0 aromatic heterocycles. The summed E-state index contributed by atoms with van der Waals surface area (Å²) in [5, 5.41) is 3.47. The van der Waals surface area contributed by atoms with Crippen molar-refractivity contribution >= 4 is 5.69 Å². The lowest BCUT2D eigenvalue weighted by atomic mass is 10.1. The van der Waals surface area contributed by atoms with Crippen molar-refractivity contribution in [1.29, 1.82) is 0 Å². The molecule has 2 heteroatoms. The van der Waals surface area contributed by atoms with Gasteiger partial charge in [-0.05, 0) is 50.9 Å². The number of hydrogen-bond donors (Lipinski definition) is 1. The lowest BCUT2D eigenvalue weighted by Crippen LogP contribution is -2.32. The Balaban J connectivity index is 1.84. The van der Waals surface area contributed by atoms with Crippen molar-refractivity contribution in [2.75, 3.05) is 24.5 Å². The van der Waals surface area contributed by atoms with Crippen molar-refractivity contribution in [3.05, 3.63) is 29.8 Å². The zero-order chi connectivity index (χ0) is 12.1. The first-order valence-electron chi connectivity index (χ1n) is 6.88. The summed E-state index contributed by atoms with van der Waals surface area (Å²) in [4.78, 5) is 2.56. The number of nitrogens with one attached hydrogen (secondary N) is 1. The van der Waals surface area contributed by atoms with Gasteiger partial charge in [-0.15, -0.1) is 0 Å². The number of anilines is 1. The Morgan fingerprint density at radius 2 is 2.12 bits per heavy atom. The fourth-order valence-corrected chi connectivity index (χ4v) is 2.65. The summed E-state index contributed by atoms with van der Waals surface area (Å²) in [6.07, 6.45) is 3.67. The van der Waals surface area contributed by atoms with Gasteiger partial charge in [-0.2, -0.15) is 0 Å². The molecule has 0 fully saturated rings. The third-order valence-corrected chi connectivity index (χ3v) is 3.53. The van der Waals surface area contributed by atoms with Gasteiger partial charge in [0.05, 0.1) is 0 Å². The maximum Gasteiger partial charge on any atom is 0.0402 e. The molecule has 0 saturated carbocycles. The molecule has 1 aromatic carbocycles. The average molecular weight is 232 g/mol. The van der Waals surface area contributed by atoms with Crippen LogP contribution in [0.4, 0.5) is 5.69 Å². The predicted octanol–water partition coefficient (Wildman–Crippen LogP) is 2.83. The number of hydrogen-bond acceptors (Lipinski definition) is 2. The fourth-order valence-electron chi connectivity index (χ4n) is 2.65. The van der Waals surface area contributed by atoms with E-state index in [4.69, 9.17) is 0 Å². The van der Waals surface area contributed by atoms with Crippen LogP contribution >= 0.6 is 0 Å². The van der Waals surface area contributed by atoms with Gasteiger partial charge >= 0.3 is 0 Å². The highest BCUT2D eigenvalue weighted by Gasteiger charge is 2.24. The number of para-hydroxylation sites is 1. The predicted molar refractivity (Wildman–Crippen MR) is 74.7 cm³/mol. The molecular formula is C15H24N2. The Hall–Kier alpha value is -1.02. The van der Waals surface area contributed by atoms with Crippen molar-refractivity contribution in [2.24, 2.45) is 0 Å². The second-order valence-electron chi connectivity index (χ2n) is 4.98. The van der Waals surface area contributed by atoms with E-state index in [1.807, 2.05) is 0 Å². The Kier molecular flexibility index (Phi) is 4.43. The summed E-state index contributed by atoms with van der Waals surface area (Å²) in [5.41, 5.74) is 2.97. The summed E-state index contributed by atoms with van der Waals surface area (Å²) in [5.74, 6) is 0.